The van der Waals surface area contributed by atoms with E-state index >= 15 is 0 Å². The summed E-state index contributed by atoms with van der Waals surface area (Å²) >= 11 is 0. The fourth-order valence-corrected chi connectivity index (χ4v) is 3.13. The van der Waals surface area contributed by atoms with Crippen molar-refractivity contribution in [1.29, 1.82) is 0 Å². The van der Waals surface area contributed by atoms with Crippen LogP contribution in [0.1, 0.15) is 97.8 Å². The summed E-state index contributed by atoms with van der Waals surface area (Å²) in [5.74, 6) is 0. The van der Waals surface area contributed by atoms with E-state index in [1.165, 1.54) is 77.0 Å². The minimum absolute atomic E-state index is 0.370. The van der Waals surface area contributed by atoms with Crippen LogP contribution in [0.5, 0.6) is 0 Å². The van der Waals surface area contributed by atoms with Crippen molar-refractivity contribution in [3.8, 4) is 0 Å². The number of unbranched alkanes of at least 4 members (excludes halogenated alkanes) is 6. The zero-order valence-electron chi connectivity index (χ0n) is 14.6. The number of hydrogen-bond donors (Lipinski definition) is 0. The third kappa shape index (κ3) is 7.20. The van der Waals surface area contributed by atoms with Gasteiger partial charge in [0.15, 0.2) is 0 Å². The van der Waals surface area contributed by atoms with Crippen LogP contribution in [0.4, 0.5) is 0 Å². The molecule has 0 saturated carbocycles. The molecule has 0 aromatic carbocycles. The molecule has 1 heteroatoms. The van der Waals surface area contributed by atoms with Crippen LogP contribution in [-0.4, -0.2) is 6.10 Å². The first-order valence-electron chi connectivity index (χ1n) is 9.37. The Labute approximate surface area is 132 Å². The molecule has 21 heavy (non-hydrogen) atoms. The zero-order chi connectivity index (χ0) is 15.3. The van der Waals surface area contributed by atoms with E-state index < -0.39 is 0 Å². The highest BCUT2D eigenvalue weighted by Crippen LogP contribution is 2.30. The Balaban J connectivity index is 2.64. The molecule has 1 unspecified atom stereocenters. The van der Waals surface area contributed by atoms with Gasteiger partial charge in [0.1, 0.15) is 6.10 Å². The Bertz CT molecular complexity index is 314. The molecule has 1 heterocycles. The van der Waals surface area contributed by atoms with Gasteiger partial charge in [-0.05, 0) is 55.7 Å². The molecule has 0 saturated heterocycles. The van der Waals surface area contributed by atoms with Gasteiger partial charge in [0, 0.05) is 0 Å². The van der Waals surface area contributed by atoms with Crippen molar-refractivity contribution < 1.29 is 4.74 Å². The van der Waals surface area contributed by atoms with Crippen LogP contribution in [0.15, 0.2) is 23.5 Å². The first-order valence-corrected chi connectivity index (χ1v) is 9.37. The second-order valence-corrected chi connectivity index (χ2v) is 6.39. The molecule has 0 radical (unpaired) electrons. The third-order valence-corrected chi connectivity index (χ3v) is 4.48. The van der Waals surface area contributed by atoms with E-state index in [2.05, 4.69) is 26.8 Å². The number of rotatable bonds is 12. The van der Waals surface area contributed by atoms with E-state index in [1.807, 2.05) is 6.26 Å². The maximum atomic E-state index is 5.97. The van der Waals surface area contributed by atoms with Gasteiger partial charge in [-0.1, -0.05) is 59.3 Å². The Hall–Kier alpha value is -0.720. The van der Waals surface area contributed by atoms with Crippen LogP contribution in [-0.2, 0) is 4.74 Å². The Morgan fingerprint density at radius 3 is 2.10 bits per heavy atom. The zero-order valence-corrected chi connectivity index (χ0v) is 14.6. The molecule has 1 rings (SSSR count). The fourth-order valence-electron chi connectivity index (χ4n) is 3.13. The molecule has 122 valence electrons. The quantitative estimate of drug-likeness (QED) is 0.354. The van der Waals surface area contributed by atoms with Gasteiger partial charge in [0.2, 0.25) is 0 Å². The largest absolute Gasteiger partial charge is 0.494 e. The van der Waals surface area contributed by atoms with E-state index in [-0.39, 0.29) is 0 Å². The van der Waals surface area contributed by atoms with Gasteiger partial charge in [-0.15, -0.1) is 0 Å². The van der Waals surface area contributed by atoms with Crippen LogP contribution in [0.2, 0.25) is 0 Å². The lowest BCUT2D eigenvalue weighted by atomic mass is 9.90. The molecule has 1 atom stereocenters. The minimum Gasteiger partial charge on any atom is -0.494 e. The summed E-state index contributed by atoms with van der Waals surface area (Å²) in [6, 6.07) is 0. The topological polar surface area (TPSA) is 9.23 Å². The van der Waals surface area contributed by atoms with Crippen molar-refractivity contribution >= 4 is 0 Å². The first-order chi connectivity index (χ1) is 10.3. The second kappa shape index (κ2) is 11.9. The summed E-state index contributed by atoms with van der Waals surface area (Å²) in [4.78, 5) is 0. The Morgan fingerprint density at radius 1 is 0.810 bits per heavy atom. The molecular weight excluding hydrogens is 256 g/mol. The standard InChI is InChI=1S/C20H36O/c1-4-7-10-13-18-16-17-21-20(15-12-9-6-3)19(18)14-11-8-5-2/h16-17,20H,4-15H2,1-3H3. The van der Waals surface area contributed by atoms with Crippen molar-refractivity contribution in [2.24, 2.45) is 0 Å². The van der Waals surface area contributed by atoms with Crippen LogP contribution in [0.25, 0.3) is 0 Å². The van der Waals surface area contributed by atoms with Crippen LogP contribution < -0.4 is 0 Å². The summed E-state index contributed by atoms with van der Waals surface area (Å²) in [6.45, 7) is 6.84. The van der Waals surface area contributed by atoms with Crippen LogP contribution in [0.3, 0.4) is 0 Å². The molecule has 0 amide bonds. The van der Waals surface area contributed by atoms with Gasteiger partial charge in [-0.25, -0.2) is 0 Å². The molecular formula is C20H36O. The summed E-state index contributed by atoms with van der Waals surface area (Å²) in [6.07, 6.45) is 20.1. The van der Waals surface area contributed by atoms with Gasteiger partial charge >= 0.3 is 0 Å². The van der Waals surface area contributed by atoms with Gasteiger partial charge in [0.05, 0.1) is 6.26 Å². The average molecular weight is 293 g/mol. The Morgan fingerprint density at radius 2 is 1.43 bits per heavy atom. The maximum Gasteiger partial charge on any atom is 0.119 e. The van der Waals surface area contributed by atoms with Gasteiger partial charge in [-0.3, -0.25) is 0 Å². The van der Waals surface area contributed by atoms with Crippen LogP contribution >= 0.6 is 0 Å². The van der Waals surface area contributed by atoms with E-state index in [9.17, 15) is 0 Å². The summed E-state index contributed by atoms with van der Waals surface area (Å²) in [5.41, 5.74) is 3.21. The highest BCUT2D eigenvalue weighted by molar-refractivity contribution is 5.30. The molecule has 0 aliphatic carbocycles. The van der Waals surface area contributed by atoms with Gasteiger partial charge in [-0.2, -0.15) is 0 Å². The van der Waals surface area contributed by atoms with Gasteiger partial charge in [0.25, 0.3) is 0 Å². The molecule has 0 bridgehead atoms. The van der Waals surface area contributed by atoms with E-state index in [0.717, 1.165) is 0 Å². The minimum atomic E-state index is 0.370. The van der Waals surface area contributed by atoms with Gasteiger partial charge < -0.3 is 4.74 Å². The smallest absolute Gasteiger partial charge is 0.119 e. The fraction of sp³-hybridized carbons (Fsp3) is 0.800. The highest BCUT2D eigenvalue weighted by atomic mass is 16.5. The SMILES string of the molecule is CCCCCC1=C(CCCCC)C(CCCCC)OC=C1. The monoisotopic (exact) mass is 292 g/mol. The highest BCUT2D eigenvalue weighted by Gasteiger charge is 2.20. The normalized spacial score (nSPS) is 18.1. The van der Waals surface area contributed by atoms with Crippen molar-refractivity contribution in [2.45, 2.75) is 104 Å². The van der Waals surface area contributed by atoms with Crippen molar-refractivity contribution in [1.82, 2.24) is 0 Å². The lowest BCUT2D eigenvalue weighted by molar-refractivity contribution is 0.153. The summed E-state index contributed by atoms with van der Waals surface area (Å²) in [7, 11) is 0. The second-order valence-electron chi connectivity index (χ2n) is 6.39. The molecule has 1 aliphatic heterocycles. The molecule has 1 aliphatic rings. The third-order valence-electron chi connectivity index (χ3n) is 4.48. The van der Waals surface area contributed by atoms with Crippen LogP contribution in [0, 0.1) is 0 Å². The number of ether oxygens (including phenoxy) is 1. The molecule has 0 aromatic rings. The predicted octanol–water partition coefficient (Wildman–Crippen LogP) is 6.94. The first kappa shape index (κ1) is 18.3. The van der Waals surface area contributed by atoms with E-state index in [0.29, 0.717) is 6.10 Å². The van der Waals surface area contributed by atoms with Crippen molar-refractivity contribution in [3.05, 3.63) is 23.5 Å². The van der Waals surface area contributed by atoms with E-state index in [1.54, 1.807) is 11.1 Å². The Kier molecular flexibility index (Phi) is 10.4. The van der Waals surface area contributed by atoms with Crippen molar-refractivity contribution in [2.75, 3.05) is 0 Å². The lowest BCUT2D eigenvalue weighted by Crippen LogP contribution is -2.18. The molecule has 0 spiro atoms. The molecule has 0 fully saturated rings. The van der Waals surface area contributed by atoms with Crippen molar-refractivity contribution in [3.63, 3.8) is 0 Å². The lowest BCUT2D eigenvalue weighted by Gasteiger charge is -2.26. The summed E-state index contributed by atoms with van der Waals surface area (Å²) in [5, 5.41) is 0. The summed E-state index contributed by atoms with van der Waals surface area (Å²) < 4.78 is 5.97. The van der Waals surface area contributed by atoms with E-state index in [4.69, 9.17) is 4.74 Å². The molecule has 0 N–H and O–H groups in total. The number of hydrogen-bond acceptors (Lipinski definition) is 1. The molecule has 0 aromatic heterocycles. The predicted molar refractivity (Wildman–Crippen MR) is 93.5 cm³/mol. The number of allylic oxidation sites excluding steroid dienone is 2. The molecule has 1 nitrogen and oxygen atoms in total. The maximum absolute atomic E-state index is 5.97. The average Bonchev–Trinajstić information content (AvgIpc) is 2.50.